The smallest absolute Gasteiger partial charge is 0.310 e. The third-order valence-electron chi connectivity index (χ3n) is 5.35. The number of nitrogens with zero attached hydrogens (tertiary/aromatic N) is 1. The van der Waals surface area contributed by atoms with Crippen molar-refractivity contribution < 1.29 is 23.5 Å². The lowest BCUT2D eigenvalue weighted by Crippen LogP contribution is -2.43. The van der Waals surface area contributed by atoms with Crippen molar-refractivity contribution in [1.82, 2.24) is 4.90 Å². The molecule has 1 aromatic heterocycles. The molecule has 0 aliphatic carbocycles. The van der Waals surface area contributed by atoms with Crippen LogP contribution in [0, 0.1) is 5.92 Å². The van der Waals surface area contributed by atoms with Crippen molar-refractivity contribution in [3.05, 3.63) is 65.9 Å². The highest BCUT2D eigenvalue weighted by molar-refractivity contribution is 5.99. The van der Waals surface area contributed by atoms with Crippen LogP contribution < -0.4 is 4.74 Å². The summed E-state index contributed by atoms with van der Waals surface area (Å²) in [5, 5.41) is 0.857. The van der Waals surface area contributed by atoms with Crippen LogP contribution in [-0.4, -0.2) is 36.5 Å². The Morgan fingerprint density at radius 2 is 1.87 bits per heavy atom. The Kier molecular flexibility index (Phi) is 6.02. The average Bonchev–Trinajstić information content (AvgIpc) is 3.16. The molecule has 6 nitrogen and oxygen atoms in total. The van der Waals surface area contributed by atoms with Crippen molar-refractivity contribution in [2.75, 3.05) is 19.7 Å². The van der Waals surface area contributed by atoms with Crippen LogP contribution in [0.15, 0.2) is 59.0 Å². The van der Waals surface area contributed by atoms with Crippen LogP contribution >= 0.6 is 0 Å². The van der Waals surface area contributed by atoms with Gasteiger partial charge in [-0.15, -0.1) is 0 Å². The van der Waals surface area contributed by atoms with Gasteiger partial charge in [-0.3, -0.25) is 9.59 Å². The minimum absolute atomic E-state index is 0.216. The van der Waals surface area contributed by atoms with E-state index in [0.717, 1.165) is 29.5 Å². The fraction of sp³-hybridized carbons (Fsp3) is 0.333. The molecular weight excluding hydrogens is 382 g/mol. The number of hydrogen-bond acceptors (Lipinski definition) is 5. The van der Waals surface area contributed by atoms with Gasteiger partial charge in [0.15, 0.2) is 5.76 Å². The SMILES string of the molecule is CCOC(=O)[C@@H]1CCCN(C(=O)c2oc3ccccc3c2COc2ccccc2)C1. The van der Waals surface area contributed by atoms with Crippen LogP contribution in [0.3, 0.4) is 0 Å². The van der Waals surface area contributed by atoms with Gasteiger partial charge in [-0.2, -0.15) is 0 Å². The van der Waals surface area contributed by atoms with Gasteiger partial charge >= 0.3 is 5.97 Å². The van der Waals surface area contributed by atoms with Crippen LogP contribution in [0.4, 0.5) is 0 Å². The Morgan fingerprint density at radius 1 is 1.10 bits per heavy atom. The third kappa shape index (κ3) is 4.17. The first-order chi connectivity index (χ1) is 14.7. The van der Waals surface area contributed by atoms with Crippen molar-refractivity contribution in [3.8, 4) is 5.75 Å². The molecule has 4 rings (SSSR count). The molecule has 0 N–H and O–H groups in total. The maximum Gasteiger partial charge on any atom is 0.310 e. The molecular formula is C24H25NO5. The lowest BCUT2D eigenvalue weighted by atomic mass is 9.97. The zero-order valence-corrected chi connectivity index (χ0v) is 17.0. The number of carbonyl (C=O) groups excluding carboxylic acids is 2. The van der Waals surface area contributed by atoms with E-state index in [0.29, 0.717) is 25.3 Å². The van der Waals surface area contributed by atoms with Crippen LogP contribution in [0.2, 0.25) is 0 Å². The molecule has 0 saturated carbocycles. The van der Waals surface area contributed by atoms with Gasteiger partial charge in [0.05, 0.1) is 12.5 Å². The molecule has 3 aromatic rings. The van der Waals surface area contributed by atoms with Crippen LogP contribution in [0.25, 0.3) is 11.0 Å². The van der Waals surface area contributed by atoms with Gasteiger partial charge in [-0.25, -0.2) is 0 Å². The van der Waals surface area contributed by atoms with Gasteiger partial charge in [-0.1, -0.05) is 36.4 Å². The maximum atomic E-state index is 13.4. The van der Waals surface area contributed by atoms with Crippen LogP contribution in [-0.2, 0) is 16.1 Å². The molecule has 1 atom stereocenters. The molecule has 1 aliphatic rings. The molecule has 0 bridgehead atoms. The van der Waals surface area contributed by atoms with E-state index in [4.69, 9.17) is 13.9 Å². The van der Waals surface area contributed by atoms with Gasteiger partial charge in [0.2, 0.25) is 0 Å². The molecule has 1 saturated heterocycles. The summed E-state index contributed by atoms with van der Waals surface area (Å²) in [7, 11) is 0. The molecule has 2 heterocycles. The number of rotatable bonds is 6. The molecule has 6 heteroatoms. The van der Waals surface area contributed by atoms with E-state index in [-0.39, 0.29) is 30.2 Å². The summed E-state index contributed by atoms with van der Waals surface area (Å²) >= 11 is 0. The Balaban J connectivity index is 1.59. The Bertz CT molecular complexity index is 1030. The minimum Gasteiger partial charge on any atom is -0.489 e. The number of hydrogen-bond donors (Lipinski definition) is 0. The van der Waals surface area contributed by atoms with Crippen molar-refractivity contribution in [3.63, 3.8) is 0 Å². The summed E-state index contributed by atoms with van der Waals surface area (Å²) in [6, 6.07) is 17.0. The normalized spacial score (nSPS) is 16.4. The zero-order valence-electron chi connectivity index (χ0n) is 17.0. The summed E-state index contributed by atoms with van der Waals surface area (Å²) < 4.78 is 17.0. The van der Waals surface area contributed by atoms with Gasteiger partial charge < -0.3 is 18.8 Å². The highest BCUT2D eigenvalue weighted by Gasteiger charge is 2.32. The number of furan rings is 1. The molecule has 0 unspecified atom stereocenters. The Labute approximate surface area is 175 Å². The maximum absolute atomic E-state index is 13.4. The highest BCUT2D eigenvalue weighted by atomic mass is 16.5. The number of likely N-dealkylation sites (tertiary alicyclic amines) is 1. The average molecular weight is 407 g/mol. The minimum atomic E-state index is -0.295. The van der Waals surface area contributed by atoms with Gasteiger partial charge in [0, 0.05) is 24.0 Å². The first-order valence-electron chi connectivity index (χ1n) is 10.3. The second kappa shape index (κ2) is 9.03. The van der Waals surface area contributed by atoms with Crippen molar-refractivity contribution >= 4 is 22.8 Å². The van der Waals surface area contributed by atoms with Crippen LogP contribution in [0.5, 0.6) is 5.75 Å². The van der Waals surface area contributed by atoms with E-state index in [2.05, 4.69) is 0 Å². The number of esters is 1. The fourth-order valence-electron chi connectivity index (χ4n) is 3.84. The molecule has 1 fully saturated rings. The van der Waals surface area contributed by atoms with E-state index in [1.54, 1.807) is 11.8 Å². The predicted molar refractivity (Wildman–Crippen MR) is 112 cm³/mol. The quantitative estimate of drug-likeness (QED) is 0.566. The number of ether oxygens (including phenoxy) is 2. The summed E-state index contributed by atoms with van der Waals surface area (Å²) in [5.74, 6) is 0.244. The van der Waals surface area contributed by atoms with E-state index in [1.807, 2.05) is 54.6 Å². The number of amides is 1. The van der Waals surface area contributed by atoms with E-state index < -0.39 is 0 Å². The molecule has 1 amide bonds. The standard InChI is InChI=1S/C24H25NO5/c1-2-28-24(27)17-9-8-14-25(15-17)23(26)22-20(16-29-18-10-4-3-5-11-18)19-12-6-7-13-21(19)30-22/h3-7,10-13,17H,2,8-9,14-16H2,1H3/t17-/m1/s1. The second-order valence-corrected chi connectivity index (χ2v) is 7.35. The molecule has 156 valence electrons. The van der Waals surface area contributed by atoms with Crippen molar-refractivity contribution in [2.24, 2.45) is 5.92 Å². The highest BCUT2D eigenvalue weighted by Crippen LogP contribution is 2.29. The topological polar surface area (TPSA) is 69.0 Å². The fourth-order valence-corrected chi connectivity index (χ4v) is 3.84. The van der Waals surface area contributed by atoms with Gasteiger partial charge in [0.1, 0.15) is 17.9 Å². The number of para-hydroxylation sites is 2. The Morgan fingerprint density at radius 3 is 2.67 bits per heavy atom. The summed E-state index contributed by atoms with van der Waals surface area (Å²) in [4.78, 5) is 27.2. The lowest BCUT2D eigenvalue weighted by molar-refractivity contribution is -0.149. The molecule has 0 spiro atoms. The number of carbonyl (C=O) groups is 2. The Hall–Kier alpha value is -3.28. The monoisotopic (exact) mass is 407 g/mol. The summed E-state index contributed by atoms with van der Waals surface area (Å²) in [5.41, 5.74) is 1.36. The van der Waals surface area contributed by atoms with Crippen molar-refractivity contribution in [1.29, 1.82) is 0 Å². The molecule has 0 radical (unpaired) electrons. The van der Waals surface area contributed by atoms with Gasteiger partial charge in [-0.05, 0) is 38.0 Å². The predicted octanol–water partition coefficient (Wildman–Crippen LogP) is 4.43. The second-order valence-electron chi connectivity index (χ2n) is 7.35. The lowest BCUT2D eigenvalue weighted by Gasteiger charge is -2.31. The van der Waals surface area contributed by atoms with Crippen LogP contribution in [0.1, 0.15) is 35.9 Å². The number of fused-ring (bicyclic) bond motifs is 1. The summed E-state index contributed by atoms with van der Waals surface area (Å²) in [6.45, 7) is 3.28. The largest absolute Gasteiger partial charge is 0.489 e. The first kappa shape index (κ1) is 20.0. The number of benzene rings is 2. The summed E-state index contributed by atoms with van der Waals surface area (Å²) in [6.07, 6.45) is 1.48. The van der Waals surface area contributed by atoms with E-state index in [9.17, 15) is 9.59 Å². The first-order valence-corrected chi connectivity index (χ1v) is 10.3. The third-order valence-corrected chi connectivity index (χ3v) is 5.35. The van der Waals surface area contributed by atoms with E-state index in [1.165, 1.54) is 0 Å². The molecule has 1 aliphatic heterocycles. The molecule has 30 heavy (non-hydrogen) atoms. The molecule has 2 aromatic carbocycles. The zero-order chi connectivity index (χ0) is 20.9. The van der Waals surface area contributed by atoms with Crippen molar-refractivity contribution in [2.45, 2.75) is 26.4 Å². The number of piperidine rings is 1. The van der Waals surface area contributed by atoms with E-state index >= 15 is 0 Å². The van der Waals surface area contributed by atoms with Gasteiger partial charge in [0.25, 0.3) is 5.91 Å².